The van der Waals surface area contributed by atoms with Gasteiger partial charge in [0, 0.05) is 24.8 Å². The number of amides is 2. The molecule has 2 heterocycles. The standard InChI is InChI=1S/C18H19N3O2/c22-17(20-13-15-4-1-2-10-19-15)12-14-6-8-16(9-7-14)21-11-3-5-18(21)23/h1-2,4,6-10H,3,5,11-13H2,(H,20,22). The molecule has 1 aromatic heterocycles. The van der Waals surface area contributed by atoms with Crippen molar-refractivity contribution in [2.45, 2.75) is 25.8 Å². The lowest BCUT2D eigenvalue weighted by atomic mass is 10.1. The lowest BCUT2D eigenvalue weighted by molar-refractivity contribution is -0.120. The minimum absolute atomic E-state index is 0.0411. The van der Waals surface area contributed by atoms with Crippen molar-refractivity contribution in [2.75, 3.05) is 11.4 Å². The Morgan fingerprint density at radius 1 is 1.17 bits per heavy atom. The highest BCUT2D eigenvalue weighted by Gasteiger charge is 2.21. The summed E-state index contributed by atoms with van der Waals surface area (Å²) in [5.41, 5.74) is 2.67. The molecule has 2 amide bonds. The number of nitrogens with one attached hydrogen (secondary N) is 1. The van der Waals surface area contributed by atoms with Crippen molar-refractivity contribution >= 4 is 17.5 Å². The average molecular weight is 309 g/mol. The van der Waals surface area contributed by atoms with E-state index in [0.717, 1.165) is 29.9 Å². The van der Waals surface area contributed by atoms with Gasteiger partial charge in [-0.1, -0.05) is 18.2 Å². The summed E-state index contributed by atoms with van der Waals surface area (Å²) >= 11 is 0. The fourth-order valence-electron chi connectivity index (χ4n) is 2.65. The third kappa shape index (κ3) is 3.94. The number of aromatic nitrogens is 1. The third-order valence-corrected chi connectivity index (χ3v) is 3.88. The third-order valence-electron chi connectivity index (χ3n) is 3.88. The zero-order chi connectivity index (χ0) is 16.1. The first kappa shape index (κ1) is 15.2. The zero-order valence-electron chi connectivity index (χ0n) is 12.9. The van der Waals surface area contributed by atoms with Crippen LogP contribution in [0.15, 0.2) is 48.7 Å². The highest BCUT2D eigenvalue weighted by atomic mass is 16.2. The molecule has 0 radical (unpaired) electrons. The van der Waals surface area contributed by atoms with Crippen LogP contribution in [0.4, 0.5) is 5.69 Å². The first-order chi connectivity index (χ1) is 11.2. The van der Waals surface area contributed by atoms with Gasteiger partial charge in [-0.05, 0) is 36.2 Å². The number of nitrogens with zero attached hydrogens (tertiary/aromatic N) is 2. The molecule has 1 aliphatic heterocycles. The number of carbonyl (C=O) groups excluding carboxylic acids is 2. The van der Waals surface area contributed by atoms with E-state index in [1.165, 1.54) is 0 Å². The Labute approximate surface area is 135 Å². The minimum Gasteiger partial charge on any atom is -0.350 e. The quantitative estimate of drug-likeness (QED) is 0.919. The molecule has 2 aromatic rings. The Hall–Kier alpha value is -2.69. The maximum Gasteiger partial charge on any atom is 0.227 e. The van der Waals surface area contributed by atoms with Crippen LogP contribution in [0, 0.1) is 0 Å². The second kappa shape index (κ2) is 7.05. The monoisotopic (exact) mass is 309 g/mol. The maximum absolute atomic E-state index is 12.0. The normalized spacial score (nSPS) is 14.1. The van der Waals surface area contributed by atoms with E-state index in [1.807, 2.05) is 42.5 Å². The minimum atomic E-state index is -0.0411. The summed E-state index contributed by atoms with van der Waals surface area (Å²) in [6, 6.07) is 13.2. The number of rotatable bonds is 5. The van der Waals surface area contributed by atoms with E-state index < -0.39 is 0 Å². The second-order valence-electron chi connectivity index (χ2n) is 5.59. The second-order valence-corrected chi connectivity index (χ2v) is 5.59. The van der Waals surface area contributed by atoms with Gasteiger partial charge in [0.25, 0.3) is 0 Å². The SMILES string of the molecule is O=C(Cc1ccc(N2CCCC2=O)cc1)NCc1ccccn1. The molecule has 5 nitrogen and oxygen atoms in total. The van der Waals surface area contributed by atoms with E-state index >= 15 is 0 Å². The van der Waals surface area contributed by atoms with E-state index in [-0.39, 0.29) is 11.8 Å². The van der Waals surface area contributed by atoms with Crippen LogP contribution in [0.3, 0.4) is 0 Å². The fourth-order valence-corrected chi connectivity index (χ4v) is 2.65. The summed E-state index contributed by atoms with van der Waals surface area (Å²) in [5.74, 6) is 0.131. The number of anilines is 1. The number of carbonyl (C=O) groups is 2. The van der Waals surface area contributed by atoms with Gasteiger partial charge in [-0.3, -0.25) is 14.6 Å². The van der Waals surface area contributed by atoms with E-state index in [9.17, 15) is 9.59 Å². The van der Waals surface area contributed by atoms with Crippen molar-refractivity contribution in [1.29, 1.82) is 0 Å². The van der Waals surface area contributed by atoms with Crippen LogP contribution < -0.4 is 10.2 Å². The fraction of sp³-hybridized carbons (Fsp3) is 0.278. The van der Waals surface area contributed by atoms with E-state index in [2.05, 4.69) is 10.3 Å². The Bertz CT molecular complexity index is 683. The van der Waals surface area contributed by atoms with Crippen molar-refractivity contribution < 1.29 is 9.59 Å². The topological polar surface area (TPSA) is 62.3 Å². The molecular weight excluding hydrogens is 290 g/mol. The number of hydrogen-bond acceptors (Lipinski definition) is 3. The van der Waals surface area contributed by atoms with E-state index in [4.69, 9.17) is 0 Å². The summed E-state index contributed by atoms with van der Waals surface area (Å²) < 4.78 is 0. The summed E-state index contributed by atoms with van der Waals surface area (Å²) in [6.45, 7) is 1.21. The van der Waals surface area contributed by atoms with Gasteiger partial charge in [0.05, 0.1) is 18.7 Å². The largest absolute Gasteiger partial charge is 0.350 e. The maximum atomic E-state index is 12.0. The zero-order valence-corrected chi connectivity index (χ0v) is 12.9. The van der Waals surface area contributed by atoms with Crippen molar-refractivity contribution in [2.24, 2.45) is 0 Å². The van der Waals surface area contributed by atoms with E-state index in [0.29, 0.717) is 19.4 Å². The highest BCUT2D eigenvalue weighted by Crippen LogP contribution is 2.21. The molecule has 23 heavy (non-hydrogen) atoms. The molecule has 0 aliphatic carbocycles. The van der Waals surface area contributed by atoms with Gasteiger partial charge in [-0.2, -0.15) is 0 Å². The van der Waals surface area contributed by atoms with E-state index in [1.54, 1.807) is 11.1 Å². The van der Waals surface area contributed by atoms with Gasteiger partial charge < -0.3 is 10.2 Å². The first-order valence-electron chi connectivity index (χ1n) is 7.78. The lowest BCUT2D eigenvalue weighted by Crippen LogP contribution is -2.25. The molecule has 5 heteroatoms. The average Bonchev–Trinajstić information content (AvgIpc) is 3.01. The molecule has 0 atom stereocenters. The Morgan fingerprint density at radius 2 is 2.00 bits per heavy atom. The van der Waals surface area contributed by atoms with Crippen LogP contribution in [-0.2, 0) is 22.6 Å². The van der Waals surface area contributed by atoms with Crippen LogP contribution in [-0.4, -0.2) is 23.3 Å². The van der Waals surface area contributed by atoms with Crippen LogP contribution in [0.5, 0.6) is 0 Å². The number of pyridine rings is 1. The van der Waals surface area contributed by atoms with Crippen LogP contribution >= 0.6 is 0 Å². The molecule has 0 bridgehead atoms. The molecule has 1 saturated heterocycles. The molecule has 1 fully saturated rings. The Balaban J connectivity index is 1.53. The molecular formula is C18H19N3O2. The smallest absolute Gasteiger partial charge is 0.227 e. The summed E-state index contributed by atoms with van der Waals surface area (Å²) in [6.07, 6.45) is 3.56. The molecule has 0 unspecified atom stereocenters. The molecule has 0 spiro atoms. The molecule has 1 N–H and O–H groups in total. The summed E-state index contributed by atoms with van der Waals surface area (Å²) in [4.78, 5) is 29.7. The highest BCUT2D eigenvalue weighted by molar-refractivity contribution is 5.95. The van der Waals surface area contributed by atoms with Crippen LogP contribution in [0.25, 0.3) is 0 Å². The predicted octanol–water partition coefficient (Wildman–Crippen LogP) is 2.07. The van der Waals surface area contributed by atoms with Gasteiger partial charge in [-0.25, -0.2) is 0 Å². The Kier molecular flexibility index (Phi) is 4.66. The molecule has 118 valence electrons. The van der Waals surface area contributed by atoms with Gasteiger partial charge in [-0.15, -0.1) is 0 Å². The lowest BCUT2D eigenvalue weighted by Gasteiger charge is -2.15. The Morgan fingerprint density at radius 3 is 2.65 bits per heavy atom. The van der Waals surface area contributed by atoms with Crippen molar-refractivity contribution in [3.05, 3.63) is 59.9 Å². The van der Waals surface area contributed by atoms with Crippen LogP contribution in [0.1, 0.15) is 24.1 Å². The van der Waals surface area contributed by atoms with Gasteiger partial charge in [0.1, 0.15) is 0 Å². The van der Waals surface area contributed by atoms with Gasteiger partial charge in [0.2, 0.25) is 11.8 Å². The van der Waals surface area contributed by atoms with Gasteiger partial charge in [0.15, 0.2) is 0 Å². The van der Waals surface area contributed by atoms with Gasteiger partial charge >= 0.3 is 0 Å². The molecule has 1 aromatic carbocycles. The van der Waals surface area contributed by atoms with Crippen molar-refractivity contribution in [3.63, 3.8) is 0 Å². The molecule has 3 rings (SSSR count). The molecule has 0 saturated carbocycles. The summed E-state index contributed by atoms with van der Waals surface area (Å²) in [5, 5.41) is 2.86. The first-order valence-corrected chi connectivity index (χ1v) is 7.78. The van der Waals surface area contributed by atoms with Crippen molar-refractivity contribution in [3.8, 4) is 0 Å². The predicted molar refractivity (Wildman–Crippen MR) is 87.8 cm³/mol. The number of hydrogen-bond donors (Lipinski definition) is 1. The number of benzene rings is 1. The molecule has 1 aliphatic rings. The van der Waals surface area contributed by atoms with Crippen molar-refractivity contribution in [1.82, 2.24) is 10.3 Å². The summed E-state index contributed by atoms with van der Waals surface area (Å²) in [7, 11) is 0. The van der Waals surface area contributed by atoms with Crippen LogP contribution in [0.2, 0.25) is 0 Å².